The molecule has 1 atom stereocenters. The fourth-order valence-corrected chi connectivity index (χ4v) is 4.84. The van der Waals surface area contributed by atoms with Gasteiger partial charge in [0.25, 0.3) is 5.91 Å². The average Bonchev–Trinajstić information content (AvgIpc) is 3.13. The van der Waals surface area contributed by atoms with E-state index in [0.717, 1.165) is 12.0 Å². The van der Waals surface area contributed by atoms with E-state index >= 15 is 0 Å². The van der Waals surface area contributed by atoms with E-state index in [-0.39, 0.29) is 17.2 Å². The monoisotopic (exact) mass is 436 g/mol. The van der Waals surface area contributed by atoms with Crippen LogP contribution >= 0.6 is 23.4 Å². The number of hydrogen-bond acceptors (Lipinski definition) is 3. The summed E-state index contributed by atoms with van der Waals surface area (Å²) in [5, 5.41) is 3.40. The first-order valence-electron chi connectivity index (χ1n) is 9.72. The van der Waals surface area contributed by atoms with E-state index in [1.54, 1.807) is 48.2 Å². The Morgan fingerprint density at radius 3 is 2.53 bits per heavy atom. The Morgan fingerprint density at radius 1 is 1.03 bits per heavy atom. The predicted octanol–water partition coefficient (Wildman–Crippen LogP) is 5.41. The zero-order valence-electron chi connectivity index (χ0n) is 16.3. The number of amides is 2. The molecule has 4 rings (SSSR count). The summed E-state index contributed by atoms with van der Waals surface area (Å²) in [6, 6.07) is 24.7. The van der Waals surface area contributed by atoms with Gasteiger partial charge in [-0.05, 0) is 47.9 Å². The first-order valence-corrected chi connectivity index (χ1v) is 11.1. The van der Waals surface area contributed by atoms with Crippen LogP contribution in [0.2, 0.25) is 5.02 Å². The summed E-state index contributed by atoms with van der Waals surface area (Å²) >= 11 is 7.60. The van der Waals surface area contributed by atoms with Gasteiger partial charge in [0.15, 0.2) is 0 Å². The van der Waals surface area contributed by atoms with Crippen molar-refractivity contribution in [1.29, 1.82) is 0 Å². The van der Waals surface area contributed by atoms with E-state index in [2.05, 4.69) is 17.4 Å². The molecular formula is C24H21ClN2O2S. The number of thioether (sulfide) groups is 1. The van der Waals surface area contributed by atoms with E-state index in [1.165, 1.54) is 5.56 Å². The summed E-state index contributed by atoms with van der Waals surface area (Å²) in [5.74, 6) is 0.444. The van der Waals surface area contributed by atoms with Crippen molar-refractivity contribution in [1.82, 2.24) is 4.90 Å². The minimum absolute atomic E-state index is 0.0220. The molecule has 0 saturated carbocycles. The highest BCUT2D eigenvalue weighted by atomic mass is 35.5. The van der Waals surface area contributed by atoms with Crippen LogP contribution in [0.4, 0.5) is 5.69 Å². The molecule has 0 aromatic heterocycles. The van der Waals surface area contributed by atoms with Crippen LogP contribution < -0.4 is 5.32 Å². The Balaban J connectivity index is 1.43. The van der Waals surface area contributed by atoms with Gasteiger partial charge in [-0.15, -0.1) is 11.8 Å². The van der Waals surface area contributed by atoms with Crippen molar-refractivity contribution in [3.63, 3.8) is 0 Å². The molecule has 1 saturated heterocycles. The number of nitrogens with zero attached hydrogens (tertiary/aromatic N) is 1. The lowest BCUT2D eigenvalue weighted by Crippen LogP contribution is -2.30. The number of anilines is 1. The van der Waals surface area contributed by atoms with Gasteiger partial charge in [-0.2, -0.15) is 0 Å². The third-order valence-corrected chi connectivity index (χ3v) is 6.48. The number of halogens is 1. The molecule has 0 unspecified atom stereocenters. The second-order valence-electron chi connectivity index (χ2n) is 7.07. The smallest absolute Gasteiger partial charge is 0.255 e. The standard InChI is InChI=1S/C24H21ClN2O2S/c25-20-7-4-8-21(15-20)26-23(29)18-9-11-19(12-10-18)24-27(22(28)16-30-24)14-13-17-5-2-1-3-6-17/h1-12,15,24H,13-14,16H2,(H,26,29)/t24-/m1/s1. The fraction of sp³-hybridized carbons (Fsp3) is 0.167. The molecule has 1 heterocycles. The van der Waals surface area contributed by atoms with Crippen LogP contribution in [-0.4, -0.2) is 29.0 Å². The van der Waals surface area contributed by atoms with Crippen LogP contribution in [0.1, 0.15) is 26.9 Å². The van der Waals surface area contributed by atoms with Crippen LogP contribution in [0.5, 0.6) is 0 Å². The molecule has 152 valence electrons. The van der Waals surface area contributed by atoms with E-state index in [9.17, 15) is 9.59 Å². The largest absolute Gasteiger partial charge is 0.326 e. The lowest BCUT2D eigenvalue weighted by molar-refractivity contribution is -0.128. The number of rotatable bonds is 6. The van der Waals surface area contributed by atoms with Crippen LogP contribution in [0.15, 0.2) is 78.9 Å². The van der Waals surface area contributed by atoms with Gasteiger partial charge in [-0.1, -0.05) is 60.1 Å². The maximum absolute atomic E-state index is 12.5. The summed E-state index contributed by atoms with van der Waals surface area (Å²) in [7, 11) is 0. The zero-order chi connectivity index (χ0) is 20.9. The van der Waals surface area contributed by atoms with Crippen LogP contribution in [0.25, 0.3) is 0 Å². The number of carbonyl (C=O) groups excluding carboxylic acids is 2. The van der Waals surface area contributed by atoms with Gasteiger partial charge in [0.05, 0.1) is 5.75 Å². The summed E-state index contributed by atoms with van der Waals surface area (Å²) in [6.07, 6.45) is 0.823. The van der Waals surface area contributed by atoms with Gasteiger partial charge in [0, 0.05) is 22.8 Å². The summed E-state index contributed by atoms with van der Waals surface area (Å²) in [5.41, 5.74) is 3.46. The molecule has 0 spiro atoms. The SMILES string of the molecule is O=C(Nc1cccc(Cl)c1)c1ccc([C@H]2SCC(=O)N2CCc2ccccc2)cc1. The quantitative estimate of drug-likeness (QED) is 0.562. The molecule has 1 aliphatic rings. The summed E-state index contributed by atoms with van der Waals surface area (Å²) < 4.78 is 0. The van der Waals surface area contributed by atoms with Gasteiger partial charge in [-0.3, -0.25) is 9.59 Å². The third kappa shape index (κ3) is 4.86. The van der Waals surface area contributed by atoms with Crippen molar-refractivity contribution in [2.75, 3.05) is 17.6 Å². The van der Waals surface area contributed by atoms with Gasteiger partial charge in [0.1, 0.15) is 5.37 Å². The summed E-state index contributed by atoms with van der Waals surface area (Å²) in [4.78, 5) is 26.9. The van der Waals surface area contributed by atoms with Crippen molar-refractivity contribution in [3.8, 4) is 0 Å². The van der Waals surface area contributed by atoms with Crippen molar-refractivity contribution in [3.05, 3.63) is 101 Å². The fourth-order valence-electron chi connectivity index (χ4n) is 3.43. The minimum atomic E-state index is -0.195. The Labute approximate surface area is 185 Å². The topological polar surface area (TPSA) is 49.4 Å². The molecule has 0 bridgehead atoms. The molecule has 2 amide bonds. The van der Waals surface area contributed by atoms with Gasteiger partial charge in [-0.25, -0.2) is 0 Å². The van der Waals surface area contributed by atoms with Crippen LogP contribution in [0.3, 0.4) is 0 Å². The zero-order valence-corrected chi connectivity index (χ0v) is 17.8. The van der Waals surface area contributed by atoms with Crippen molar-refractivity contribution >= 4 is 40.9 Å². The number of hydrogen-bond donors (Lipinski definition) is 1. The Kier molecular flexibility index (Phi) is 6.41. The molecule has 30 heavy (non-hydrogen) atoms. The highest BCUT2D eigenvalue weighted by molar-refractivity contribution is 8.00. The maximum Gasteiger partial charge on any atom is 0.255 e. The normalized spacial score (nSPS) is 16.0. The second kappa shape index (κ2) is 9.37. The molecule has 3 aromatic carbocycles. The number of nitrogens with one attached hydrogen (secondary N) is 1. The van der Waals surface area contributed by atoms with E-state index in [4.69, 9.17) is 11.6 Å². The average molecular weight is 437 g/mol. The lowest BCUT2D eigenvalue weighted by atomic mass is 10.1. The Hall–Kier alpha value is -2.76. The van der Waals surface area contributed by atoms with E-state index < -0.39 is 0 Å². The molecular weight excluding hydrogens is 416 g/mol. The predicted molar refractivity (Wildman–Crippen MR) is 123 cm³/mol. The van der Waals surface area contributed by atoms with E-state index in [1.807, 2.05) is 35.2 Å². The van der Waals surface area contributed by atoms with Gasteiger partial charge in [0.2, 0.25) is 5.91 Å². The molecule has 0 radical (unpaired) electrons. The van der Waals surface area contributed by atoms with Gasteiger partial charge >= 0.3 is 0 Å². The third-order valence-electron chi connectivity index (χ3n) is 4.99. The Morgan fingerprint density at radius 2 is 1.80 bits per heavy atom. The molecule has 1 N–H and O–H groups in total. The number of carbonyl (C=O) groups is 2. The Bertz CT molecular complexity index is 1040. The first-order chi connectivity index (χ1) is 14.6. The van der Waals surface area contributed by atoms with Crippen LogP contribution in [-0.2, 0) is 11.2 Å². The highest BCUT2D eigenvalue weighted by Crippen LogP contribution is 2.38. The molecule has 0 aliphatic carbocycles. The number of benzene rings is 3. The van der Waals surface area contributed by atoms with Gasteiger partial charge < -0.3 is 10.2 Å². The first kappa shape index (κ1) is 20.5. The molecule has 6 heteroatoms. The minimum Gasteiger partial charge on any atom is -0.326 e. The molecule has 4 nitrogen and oxygen atoms in total. The van der Waals surface area contributed by atoms with Crippen molar-refractivity contribution in [2.24, 2.45) is 0 Å². The molecule has 1 aliphatic heterocycles. The van der Waals surface area contributed by atoms with Crippen molar-refractivity contribution < 1.29 is 9.59 Å². The maximum atomic E-state index is 12.5. The molecule has 3 aromatic rings. The van der Waals surface area contributed by atoms with E-state index in [0.29, 0.717) is 28.6 Å². The van der Waals surface area contributed by atoms with Crippen LogP contribution in [0, 0.1) is 0 Å². The lowest BCUT2D eigenvalue weighted by Gasteiger charge is -2.24. The summed E-state index contributed by atoms with van der Waals surface area (Å²) in [6.45, 7) is 0.678. The van der Waals surface area contributed by atoms with Crippen molar-refractivity contribution in [2.45, 2.75) is 11.8 Å². The second-order valence-corrected chi connectivity index (χ2v) is 8.58. The highest BCUT2D eigenvalue weighted by Gasteiger charge is 2.32. The molecule has 1 fully saturated rings.